The third kappa shape index (κ3) is 2.50. The molecule has 0 radical (unpaired) electrons. The lowest BCUT2D eigenvalue weighted by Gasteiger charge is -2.14. The van der Waals surface area contributed by atoms with Gasteiger partial charge in [0.05, 0.1) is 13.2 Å². The highest BCUT2D eigenvalue weighted by molar-refractivity contribution is 5.50. The molecule has 0 heterocycles. The number of hydrogen-bond donors (Lipinski definition) is 1. The van der Waals surface area contributed by atoms with Crippen LogP contribution in [0.25, 0.3) is 0 Å². The molecule has 0 aliphatic rings. The molecule has 1 N–H and O–H groups in total. The van der Waals surface area contributed by atoms with E-state index in [1.54, 1.807) is 13.2 Å². The first kappa shape index (κ1) is 11.1. The van der Waals surface area contributed by atoms with Crippen LogP contribution in [0.2, 0.25) is 0 Å². The third-order valence-electron chi connectivity index (χ3n) is 2.18. The molecule has 15 heavy (non-hydrogen) atoms. The highest BCUT2D eigenvalue weighted by atomic mass is 16.5. The predicted molar refractivity (Wildman–Crippen MR) is 58.5 cm³/mol. The Kier molecular flexibility index (Phi) is 3.75. The summed E-state index contributed by atoms with van der Waals surface area (Å²) in [7, 11) is 1.58. The standard InChI is InChI=1S/C12H13NO2/c1-4-10-5-6-11(9(2)13-8-14)12(7-10)15-3/h1,5-9H,2-3H3,(H,13,14). The van der Waals surface area contributed by atoms with Crippen molar-refractivity contribution in [1.82, 2.24) is 5.32 Å². The van der Waals surface area contributed by atoms with Crippen LogP contribution in [0.15, 0.2) is 18.2 Å². The maximum atomic E-state index is 10.3. The number of carbonyl (C=O) groups excluding carboxylic acids is 1. The molecule has 1 aromatic rings. The second-order valence-electron chi connectivity index (χ2n) is 3.11. The van der Waals surface area contributed by atoms with E-state index in [1.165, 1.54) is 0 Å². The Labute approximate surface area is 89.4 Å². The molecular weight excluding hydrogens is 190 g/mol. The van der Waals surface area contributed by atoms with Crippen LogP contribution in [0.1, 0.15) is 24.1 Å². The summed E-state index contributed by atoms with van der Waals surface area (Å²) < 4.78 is 5.20. The zero-order valence-corrected chi connectivity index (χ0v) is 8.78. The average molecular weight is 203 g/mol. The molecule has 0 bridgehead atoms. The van der Waals surface area contributed by atoms with E-state index in [9.17, 15) is 4.79 Å². The van der Waals surface area contributed by atoms with Crippen molar-refractivity contribution >= 4 is 6.41 Å². The van der Waals surface area contributed by atoms with Gasteiger partial charge in [0.25, 0.3) is 0 Å². The molecule has 1 amide bonds. The van der Waals surface area contributed by atoms with Crippen molar-refractivity contribution in [3.8, 4) is 18.1 Å². The highest BCUT2D eigenvalue weighted by Crippen LogP contribution is 2.25. The lowest BCUT2D eigenvalue weighted by molar-refractivity contribution is -0.110. The lowest BCUT2D eigenvalue weighted by atomic mass is 10.0. The summed E-state index contributed by atoms with van der Waals surface area (Å²) in [4.78, 5) is 10.3. The van der Waals surface area contributed by atoms with Crippen molar-refractivity contribution in [2.24, 2.45) is 0 Å². The largest absolute Gasteiger partial charge is 0.496 e. The Morgan fingerprint density at radius 2 is 2.33 bits per heavy atom. The SMILES string of the molecule is C#Cc1ccc(C(C)NC=O)c(OC)c1. The molecule has 1 atom stereocenters. The molecule has 0 aliphatic heterocycles. The first-order valence-electron chi connectivity index (χ1n) is 4.57. The van der Waals surface area contributed by atoms with Gasteiger partial charge in [-0.2, -0.15) is 0 Å². The molecule has 1 unspecified atom stereocenters. The molecule has 1 aromatic carbocycles. The Bertz CT molecular complexity index is 393. The van der Waals surface area contributed by atoms with Gasteiger partial charge in [0.15, 0.2) is 0 Å². The molecule has 1 rings (SSSR count). The van der Waals surface area contributed by atoms with Crippen LogP contribution >= 0.6 is 0 Å². The molecule has 0 spiro atoms. The zero-order chi connectivity index (χ0) is 11.3. The van der Waals surface area contributed by atoms with Gasteiger partial charge in [0.1, 0.15) is 5.75 Å². The van der Waals surface area contributed by atoms with Crippen LogP contribution < -0.4 is 10.1 Å². The van der Waals surface area contributed by atoms with Crippen LogP contribution in [-0.4, -0.2) is 13.5 Å². The molecule has 78 valence electrons. The van der Waals surface area contributed by atoms with E-state index in [0.29, 0.717) is 12.2 Å². The van der Waals surface area contributed by atoms with Crippen molar-refractivity contribution in [3.63, 3.8) is 0 Å². The van der Waals surface area contributed by atoms with Gasteiger partial charge in [-0.05, 0) is 19.1 Å². The fourth-order valence-electron chi connectivity index (χ4n) is 1.35. The summed E-state index contributed by atoms with van der Waals surface area (Å²) in [6.45, 7) is 1.88. The first-order chi connectivity index (χ1) is 7.22. The Hall–Kier alpha value is -1.95. The van der Waals surface area contributed by atoms with Gasteiger partial charge in [-0.15, -0.1) is 6.42 Å². The van der Waals surface area contributed by atoms with Crippen LogP contribution in [0.3, 0.4) is 0 Å². The van der Waals surface area contributed by atoms with E-state index < -0.39 is 0 Å². The van der Waals surface area contributed by atoms with Gasteiger partial charge >= 0.3 is 0 Å². The number of rotatable bonds is 4. The second kappa shape index (κ2) is 5.06. The maximum Gasteiger partial charge on any atom is 0.207 e. The zero-order valence-electron chi connectivity index (χ0n) is 8.78. The maximum absolute atomic E-state index is 10.3. The predicted octanol–water partition coefficient (Wildman–Crippen LogP) is 1.48. The van der Waals surface area contributed by atoms with Gasteiger partial charge in [0.2, 0.25) is 6.41 Å². The van der Waals surface area contributed by atoms with Crippen molar-refractivity contribution < 1.29 is 9.53 Å². The van der Waals surface area contributed by atoms with Crippen LogP contribution in [-0.2, 0) is 4.79 Å². The quantitative estimate of drug-likeness (QED) is 0.594. The van der Waals surface area contributed by atoms with Gasteiger partial charge < -0.3 is 10.1 Å². The van der Waals surface area contributed by atoms with E-state index in [2.05, 4.69) is 11.2 Å². The number of carbonyl (C=O) groups is 1. The summed E-state index contributed by atoms with van der Waals surface area (Å²) in [6, 6.07) is 5.36. The van der Waals surface area contributed by atoms with Crippen LogP contribution in [0, 0.1) is 12.3 Å². The minimum Gasteiger partial charge on any atom is -0.496 e. The third-order valence-corrected chi connectivity index (χ3v) is 2.18. The van der Waals surface area contributed by atoms with Gasteiger partial charge in [0, 0.05) is 11.1 Å². The molecule has 0 saturated carbocycles. The van der Waals surface area contributed by atoms with Gasteiger partial charge in [-0.1, -0.05) is 12.0 Å². The molecule has 3 nitrogen and oxygen atoms in total. The first-order valence-corrected chi connectivity index (χ1v) is 4.57. The van der Waals surface area contributed by atoms with Crippen molar-refractivity contribution in [2.45, 2.75) is 13.0 Å². The molecule has 3 heteroatoms. The number of amides is 1. The Morgan fingerprint density at radius 1 is 1.60 bits per heavy atom. The summed E-state index contributed by atoms with van der Waals surface area (Å²) in [5.74, 6) is 3.22. The number of nitrogens with one attached hydrogen (secondary N) is 1. The fourth-order valence-corrected chi connectivity index (χ4v) is 1.35. The molecule has 0 fully saturated rings. The average Bonchev–Trinajstić information content (AvgIpc) is 2.28. The minimum absolute atomic E-state index is 0.0933. The van der Waals surface area contributed by atoms with Crippen molar-refractivity contribution in [3.05, 3.63) is 29.3 Å². The van der Waals surface area contributed by atoms with E-state index in [0.717, 1.165) is 11.1 Å². The molecule has 0 saturated heterocycles. The highest BCUT2D eigenvalue weighted by Gasteiger charge is 2.10. The Morgan fingerprint density at radius 3 is 2.87 bits per heavy atom. The van der Waals surface area contributed by atoms with E-state index in [4.69, 9.17) is 11.2 Å². The molecule has 0 aliphatic carbocycles. The summed E-state index contributed by atoms with van der Waals surface area (Å²) in [5.41, 5.74) is 1.66. The van der Waals surface area contributed by atoms with Crippen LogP contribution in [0.4, 0.5) is 0 Å². The number of ether oxygens (including phenoxy) is 1. The van der Waals surface area contributed by atoms with Gasteiger partial charge in [-0.3, -0.25) is 4.79 Å². The monoisotopic (exact) mass is 203 g/mol. The van der Waals surface area contributed by atoms with Crippen LogP contribution in [0.5, 0.6) is 5.75 Å². The lowest BCUT2D eigenvalue weighted by Crippen LogP contribution is -2.16. The summed E-state index contributed by atoms with van der Waals surface area (Å²) in [6.07, 6.45) is 5.95. The number of terminal acetylenes is 1. The molecular formula is C12H13NO2. The summed E-state index contributed by atoms with van der Waals surface area (Å²) in [5, 5.41) is 2.66. The minimum atomic E-state index is -0.0933. The van der Waals surface area contributed by atoms with E-state index in [-0.39, 0.29) is 6.04 Å². The topological polar surface area (TPSA) is 38.3 Å². The smallest absolute Gasteiger partial charge is 0.207 e. The number of hydrogen-bond acceptors (Lipinski definition) is 2. The van der Waals surface area contributed by atoms with Crippen molar-refractivity contribution in [2.75, 3.05) is 7.11 Å². The Balaban J connectivity index is 3.08. The van der Waals surface area contributed by atoms with E-state index >= 15 is 0 Å². The normalized spacial score (nSPS) is 11.3. The number of methoxy groups -OCH3 is 1. The summed E-state index contributed by atoms with van der Waals surface area (Å²) >= 11 is 0. The van der Waals surface area contributed by atoms with Gasteiger partial charge in [-0.25, -0.2) is 0 Å². The fraction of sp³-hybridized carbons (Fsp3) is 0.250. The van der Waals surface area contributed by atoms with Crippen molar-refractivity contribution in [1.29, 1.82) is 0 Å². The molecule has 0 aromatic heterocycles. The second-order valence-corrected chi connectivity index (χ2v) is 3.11. The number of benzene rings is 1. The van der Waals surface area contributed by atoms with E-state index in [1.807, 2.05) is 19.1 Å².